The molecular formula is C17H26N4O. The number of rotatable bonds is 5. The van der Waals surface area contributed by atoms with Gasteiger partial charge in [0.1, 0.15) is 0 Å². The SMILES string of the molecule is CC(C)n1ncc2cc(CNC3CCC(CO)CC3)cnc21. The van der Waals surface area contributed by atoms with Crippen LogP contribution in [-0.2, 0) is 6.54 Å². The van der Waals surface area contributed by atoms with Crippen molar-refractivity contribution in [3.8, 4) is 0 Å². The Labute approximate surface area is 131 Å². The van der Waals surface area contributed by atoms with Crippen LogP contribution in [0, 0.1) is 5.92 Å². The molecule has 0 radical (unpaired) electrons. The molecule has 0 aromatic carbocycles. The quantitative estimate of drug-likeness (QED) is 0.891. The lowest BCUT2D eigenvalue weighted by Gasteiger charge is -2.28. The van der Waals surface area contributed by atoms with Gasteiger partial charge in [0.25, 0.3) is 0 Å². The minimum Gasteiger partial charge on any atom is -0.396 e. The van der Waals surface area contributed by atoms with Gasteiger partial charge in [-0.1, -0.05) is 0 Å². The maximum absolute atomic E-state index is 9.19. The van der Waals surface area contributed by atoms with E-state index >= 15 is 0 Å². The first-order valence-electron chi connectivity index (χ1n) is 8.33. The van der Waals surface area contributed by atoms with Crippen LogP contribution in [0.2, 0.25) is 0 Å². The van der Waals surface area contributed by atoms with Gasteiger partial charge in [-0.3, -0.25) is 0 Å². The maximum Gasteiger partial charge on any atom is 0.157 e. The molecule has 22 heavy (non-hydrogen) atoms. The minimum atomic E-state index is 0.329. The number of fused-ring (bicyclic) bond motifs is 1. The van der Waals surface area contributed by atoms with Crippen molar-refractivity contribution in [1.82, 2.24) is 20.1 Å². The fourth-order valence-electron chi connectivity index (χ4n) is 3.27. The zero-order valence-corrected chi connectivity index (χ0v) is 13.5. The third-order valence-electron chi connectivity index (χ3n) is 4.68. The molecule has 0 atom stereocenters. The van der Waals surface area contributed by atoms with E-state index in [1.807, 2.05) is 17.1 Å². The molecule has 0 aliphatic heterocycles. The summed E-state index contributed by atoms with van der Waals surface area (Å²) >= 11 is 0. The number of aliphatic hydroxyl groups excluding tert-OH is 1. The second-order valence-electron chi connectivity index (χ2n) is 6.72. The highest BCUT2D eigenvalue weighted by Gasteiger charge is 2.20. The summed E-state index contributed by atoms with van der Waals surface area (Å²) in [6.45, 7) is 5.43. The van der Waals surface area contributed by atoms with E-state index < -0.39 is 0 Å². The molecule has 3 rings (SSSR count). The highest BCUT2D eigenvalue weighted by Crippen LogP contribution is 2.24. The van der Waals surface area contributed by atoms with E-state index in [2.05, 4.69) is 35.3 Å². The van der Waals surface area contributed by atoms with E-state index in [-0.39, 0.29) is 0 Å². The molecule has 2 aromatic rings. The predicted octanol–water partition coefficient (Wildman–Crippen LogP) is 2.65. The van der Waals surface area contributed by atoms with E-state index in [0.29, 0.717) is 24.6 Å². The number of nitrogens with zero attached hydrogens (tertiary/aromatic N) is 3. The Bertz CT molecular complexity index is 614. The van der Waals surface area contributed by atoms with Gasteiger partial charge in [0.2, 0.25) is 0 Å². The van der Waals surface area contributed by atoms with Gasteiger partial charge in [-0.15, -0.1) is 0 Å². The van der Waals surface area contributed by atoms with E-state index in [9.17, 15) is 5.11 Å². The first-order chi connectivity index (χ1) is 10.7. The summed E-state index contributed by atoms with van der Waals surface area (Å²) < 4.78 is 1.96. The van der Waals surface area contributed by atoms with Gasteiger partial charge in [0.05, 0.1) is 6.20 Å². The molecule has 0 unspecified atom stereocenters. The van der Waals surface area contributed by atoms with E-state index in [1.165, 1.54) is 5.56 Å². The third kappa shape index (κ3) is 3.31. The lowest BCUT2D eigenvalue weighted by atomic mass is 9.86. The number of hydrogen-bond donors (Lipinski definition) is 2. The number of nitrogens with one attached hydrogen (secondary N) is 1. The summed E-state index contributed by atoms with van der Waals surface area (Å²) in [6.07, 6.45) is 8.44. The molecule has 2 aromatic heterocycles. The second-order valence-corrected chi connectivity index (χ2v) is 6.72. The Hall–Kier alpha value is -1.46. The second kappa shape index (κ2) is 6.75. The summed E-state index contributed by atoms with van der Waals surface area (Å²) in [5, 5.41) is 18.3. The van der Waals surface area contributed by atoms with Crippen molar-refractivity contribution >= 4 is 11.0 Å². The molecule has 1 fully saturated rings. The molecule has 0 bridgehead atoms. The Morgan fingerprint density at radius 1 is 1.27 bits per heavy atom. The first-order valence-corrected chi connectivity index (χ1v) is 8.33. The normalized spacial score (nSPS) is 22.5. The van der Waals surface area contributed by atoms with Crippen LogP contribution in [0.25, 0.3) is 11.0 Å². The summed E-state index contributed by atoms with van der Waals surface area (Å²) in [7, 11) is 0. The van der Waals surface area contributed by atoms with Crippen molar-refractivity contribution in [1.29, 1.82) is 0 Å². The zero-order chi connectivity index (χ0) is 15.5. The van der Waals surface area contributed by atoms with Gasteiger partial charge in [0, 0.05) is 36.8 Å². The standard InChI is InChI=1S/C17H26N4O/c1-12(2)21-17-15(10-20-21)7-14(9-19-17)8-18-16-5-3-13(11-22)4-6-16/h7,9-10,12-13,16,18,22H,3-6,8,11H2,1-2H3. The van der Waals surface area contributed by atoms with E-state index in [4.69, 9.17) is 0 Å². The summed E-state index contributed by atoms with van der Waals surface area (Å²) in [5.41, 5.74) is 2.17. The van der Waals surface area contributed by atoms with Crippen molar-refractivity contribution in [2.75, 3.05) is 6.61 Å². The van der Waals surface area contributed by atoms with Crippen molar-refractivity contribution in [3.05, 3.63) is 24.0 Å². The van der Waals surface area contributed by atoms with Gasteiger partial charge in [-0.05, 0) is 57.1 Å². The fourth-order valence-corrected chi connectivity index (χ4v) is 3.27. The van der Waals surface area contributed by atoms with Crippen LogP contribution >= 0.6 is 0 Å². The van der Waals surface area contributed by atoms with Crippen LogP contribution < -0.4 is 5.32 Å². The third-order valence-corrected chi connectivity index (χ3v) is 4.68. The van der Waals surface area contributed by atoms with Crippen molar-refractivity contribution in [2.24, 2.45) is 5.92 Å². The lowest BCUT2D eigenvalue weighted by Crippen LogP contribution is -2.33. The van der Waals surface area contributed by atoms with Crippen LogP contribution in [0.4, 0.5) is 0 Å². The van der Waals surface area contributed by atoms with Crippen molar-refractivity contribution in [2.45, 2.75) is 58.2 Å². The lowest BCUT2D eigenvalue weighted by molar-refractivity contribution is 0.175. The maximum atomic E-state index is 9.19. The molecule has 1 aliphatic carbocycles. The van der Waals surface area contributed by atoms with Crippen LogP contribution in [-0.4, -0.2) is 32.5 Å². The summed E-state index contributed by atoms with van der Waals surface area (Å²) in [6, 6.07) is 3.08. The Morgan fingerprint density at radius 2 is 2.05 bits per heavy atom. The van der Waals surface area contributed by atoms with Gasteiger partial charge in [-0.25, -0.2) is 9.67 Å². The van der Waals surface area contributed by atoms with Crippen LogP contribution in [0.5, 0.6) is 0 Å². The molecule has 0 saturated heterocycles. The molecule has 2 heterocycles. The number of aromatic nitrogens is 3. The summed E-state index contributed by atoms with van der Waals surface area (Å²) in [5.74, 6) is 0.512. The predicted molar refractivity (Wildman–Crippen MR) is 87.6 cm³/mol. The number of pyridine rings is 1. The largest absolute Gasteiger partial charge is 0.396 e. The topological polar surface area (TPSA) is 63.0 Å². The van der Waals surface area contributed by atoms with Gasteiger partial charge >= 0.3 is 0 Å². The van der Waals surface area contributed by atoms with Crippen molar-refractivity contribution < 1.29 is 5.11 Å². The molecule has 0 amide bonds. The molecule has 1 saturated carbocycles. The molecule has 5 nitrogen and oxygen atoms in total. The monoisotopic (exact) mass is 302 g/mol. The molecule has 120 valence electrons. The Kier molecular flexibility index (Phi) is 4.74. The van der Waals surface area contributed by atoms with Gasteiger partial charge in [-0.2, -0.15) is 5.10 Å². The van der Waals surface area contributed by atoms with Gasteiger partial charge < -0.3 is 10.4 Å². The van der Waals surface area contributed by atoms with Gasteiger partial charge in [0.15, 0.2) is 5.65 Å². The van der Waals surface area contributed by atoms with E-state index in [1.54, 1.807) is 0 Å². The summed E-state index contributed by atoms with van der Waals surface area (Å²) in [4.78, 5) is 4.58. The van der Waals surface area contributed by atoms with Crippen molar-refractivity contribution in [3.63, 3.8) is 0 Å². The Morgan fingerprint density at radius 3 is 2.73 bits per heavy atom. The fraction of sp³-hybridized carbons (Fsp3) is 0.647. The highest BCUT2D eigenvalue weighted by atomic mass is 16.3. The first kappa shape index (κ1) is 15.4. The average Bonchev–Trinajstić information content (AvgIpc) is 2.96. The number of aliphatic hydroxyl groups is 1. The molecule has 1 aliphatic rings. The van der Waals surface area contributed by atoms with Crippen LogP contribution in [0.3, 0.4) is 0 Å². The van der Waals surface area contributed by atoms with Crippen LogP contribution in [0.1, 0.15) is 51.1 Å². The van der Waals surface area contributed by atoms with E-state index in [0.717, 1.165) is 43.3 Å². The zero-order valence-electron chi connectivity index (χ0n) is 13.5. The molecule has 0 spiro atoms. The smallest absolute Gasteiger partial charge is 0.157 e. The molecule has 2 N–H and O–H groups in total. The number of hydrogen-bond acceptors (Lipinski definition) is 4. The molecular weight excluding hydrogens is 276 g/mol. The molecule has 5 heteroatoms. The minimum absolute atomic E-state index is 0.329. The highest BCUT2D eigenvalue weighted by molar-refractivity contribution is 5.75. The Balaban J connectivity index is 1.60. The van der Waals surface area contributed by atoms with Crippen LogP contribution in [0.15, 0.2) is 18.5 Å². The average molecular weight is 302 g/mol.